The molecule has 4 heteroatoms. The molecule has 0 aliphatic heterocycles. The molecule has 2 nitrogen and oxygen atoms in total. The van der Waals surface area contributed by atoms with E-state index < -0.39 is 11.6 Å². The zero-order valence-corrected chi connectivity index (χ0v) is 9.17. The molecule has 2 rings (SSSR count). The summed E-state index contributed by atoms with van der Waals surface area (Å²) in [7, 11) is 0. The summed E-state index contributed by atoms with van der Waals surface area (Å²) < 4.78 is 31.3. The lowest BCUT2D eigenvalue weighted by atomic mass is 10.0. The number of benzene rings is 1. The van der Waals surface area contributed by atoms with Gasteiger partial charge >= 0.3 is 0 Å². The Morgan fingerprint density at radius 3 is 2.76 bits per heavy atom. The predicted octanol–water partition coefficient (Wildman–Crippen LogP) is 3.29. The Morgan fingerprint density at radius 1 is 1.35 bits per heavy atom. The van der Waals surface area contributed by atoms with Gasteiger partial charge in [0.15, 0.2) is 17.4 Å². The fourth-order valence-corrected chi connectivity index (χ4v) is 1.55. The van der Waals surface area contributed by atoms with Crippen molar-refractivity contribution in [2.24, 2.45) is 0 Å². The maximum atomic E-state index is 13.3. The van der Waals surface area contributed by atoms with E-state index in [9.17, 15) is 13.6 Å². The van der Waals surface area contributed by atoms with E-state index in [-0.39, 0.29) is 17.8 Å². The van der Waals surface area contributed by atoms with E-state index in [1.807, 2.05) is 0 Å². The second kappa shape index (κ2) is 4.49. The SMILES string of the molecule is Cc1cc(C(=O)Cc2cccc(F)c2F)co1. The number of rotatable bonds is 3. The van der Waals surface area contributed by atoms with Gasteiger partial charge in [0.05, 0.1) is 5.56 Å². The third-order valence-corrected chi connectivity index (χ3v) is 2.44. The highest BCUT2D eigenvalue weighted by molar-refractivity contribution is 5.97. The van der Waals surface area contributed by atoms with Crippen molar-refractivity contribution >= 4 is 5.78 Å². The maximum Gasteiger partial charge on any atom is 0.170 e. The Labute approximate surface area is 96.9 Å². The molecule has 0 saturated carbocycles. The van der Waals surface area contributed by atoms with Crippen LogP contribution in [0.15, 0.2) is 34.9 Å². The minimum absolute atomic E-state index is 0.0499. The molecule has 17 heavy (non-hydrogen) atoms. The van der Waals surface area contributed by atoms with Crippen LogP contribution in [0.5, 0.6) is 0 Å². The third kappa shape index (κ3) is 2.41. The fraction of sp³-hybridized carbons (Fsp3) is 0.154. The van der Waals surface area contributed by atoms with E-state index in [1.54, 1.807) is 13.0 Å². The zero-order chi connectivity index (χ0) is 12.4. The van der Waals surface area contributed by atoms with Crippen molar-refractivity contribution in [3.05, 3.63) is 59.1 Å². The van der Waals surface area contributed by atoms with Crippen molar-refractivity contribution in [1.82, 2.24) is 0 Å². The number of hydrogen-bond donors (Lipinski definition) is 0. The van der Waals surface area contributed by atoms with Crippen LogP contribution < -0.4 is 0 Å². The molecule has 0 saturated heterocycles. The molecule has 0 fully saturated rings. The quantitative estimate of drug-likeness (QED) is 0.765. The van der Waals surface area contributed by atoms with Gasteiger partial charge in [0, 0.05) is 6.42 Å². The molecule has 2 aromatic rings. The van der Waals surface area contributed by atoms with Crippen molar-refractivity contribution in [2.75, 3.05) is 0 Å². The van der Waals surface area contributed by atoms with Crippen LogP contribution in [0.25, 0.3) is 0 Å². The summed E-state index contributed by atoms with van der Waals surface area (Å²) in [5.41, 5.74) is 0.417. The first-order chi connectivity index (χ1) is 8.08. The van der Waals surface area contributed by atoms with Crippen molar-refractivity contribution < 1.29 is 18.0 Å². The second-order valence-corrected chi connectivity index (χ2v) is 3.76. The molecule has 1 heterocycles. The van der Waals surface area contributed by atoms with Crippen LogP contribution in [0.4, 0.5) is 8.78 Å². The zero-order valence-electron chi connectivity index (χ0n) is 9.17. The molecule has 0 aliphatic rings. The van der Waals surface area contributed by atoms with Gasteiger partial charge < -0.3 is 4.42 Å². The highest BCUT2D eigenvalue weighted by atomic mass is 19.2. The van der Waals surface area contributed by atoms with Crippen molar-refractivity contribution in [2.45, 2.75) is 13.3 Å². The number of furan rings is 1. The third-order valence-electron chi connectivity index (χ3n) is 2.44. The molecule has 0 spiro atoms. The Bertz CT molecular complexity index is 558. The molecule has 1 aromatic heterocycles. The van der Waals surface area contributed by atoms with Crippen LogP contribution in [0.2, 0.25) is 0 Å². The lowest BCUT2D eigenvalue weighted by molar-refractivity contribution is 0.0991. The van der Waals surface area contributed by atoms with Gasteiger partial charge in [0.25, 0.3) is 0 Å². The summed E-state index contributed by atoms with van der Waals surface area (Å²) in [5.74, 6) is -1.61. The van der Waals surface area contributed by atoms with Gasteiger partial charge in [0.1, 0.15) is 12.0 Å². The minimum Gasteiger partial charge on any atom is -0.469 e. The summed E-state index contributed by atoms with van der Waals surface area (Å²) >= 11 is 0. The Kier molecular flexibility index (Phi) is 3.04. The summed E-state index contributed by atoms with van der Waals surface area (Å²) in [4.78, 5) is 11.7. The number of aryl methyl sites for hydroxylation is 1. The van der Waals surface area contributed by atoms with E-state index in [1.165, 1.54) is 18.4 Å². The predicted molar refractivity (Wildman–Crippen MR) is 57.8 cm³/mol. The lowest BCUT2D eigenvalue weighted by Gasteiger charge is -2.01. The fourth-order valence-electron chi connectivity index (χ4n) is 1.55. The minimum atomic E-state index is -0.971. The summed E-state index contributed by atoms with van der Waals surface area (Å²) in [5, 5.41) is 0. The van der Waals surface area contributed by atoms with Crippen LogP contribution in [0.1, 0.15) is 21.7 Å². The Hall–Kier alpha value is -1.97. The molecule has 0 bridgehead atoms. The summed E-state index contributed by atoms with van der Waals surface area (Å²) in [6, 6.07) is 5.36. The number of carbonyl (C=O) groups excluding carboxylic acids is 1. The highest BCUT2D eigenvalue weighted by Crippen LogP contribution is 2.15. The number of carbonyl (C=O) groups is 1. The highest BCUT2D eigenvalue weighted by Gasteiger charge is 2.14. The summed E-state index contributed by atoms with van der Waals surface area (Å²) in [6.45, 7) is 1.71. The number of Topliss-reactive ketones (excluding diaryl/α,β-unsaturated/α-hetero) is 1. The van der Waals surface area contributed by atoms with E-state index in [2.05, 4.69) is 0 Å². The first kappa shape index (κ1) is 11.5. The Morgan fingerprint density at radius 2 is 2.12 bits per heavy atom. The molecule has 0 amide bonds. The number of ketones is 1. The van der Waals surface area contributed by atoms with Crippen LogP contribution >= 0.6 is 0 Å². The monoisotopic (exact) mass is 236 g/mol. The molecule has 0 N–H and O–H groups in total. The second-order valence-electron chi connectivity index (χ2n) is 3.76. The first-order valence-electron chi connectivity index (χ1n) is 5.09. The normalized spacial score (nSPS) is 10.5. The summed E-state index contributed by atoms with van der Waals surface area (Å²) in [6.07, 6.45) is 1.14. The molecule has 0 atom stereocenters. The molecular formula is C13H10F2O2. The largest absolute Gasteiger partial charge is 0.469 e. The molecule has 1 aromatic carbocycles. The van der Waals surface area contributed by atoms with Crippen LogP contribution in [-0.4, -0.2) is 5.78 Å². The molecule has 0 radical (unpaired) electrons. The van der Waals surface area contributed by atoms with Crippen LogP contribution in [-0.2, 0) is 6.42 Å². The van der Waals surface area contributed by atoms with Gasteiger partial charge in [-0.3, -0.25) is 4.79 Å². The van der Waals surface area contributed by atoms with Gasteiger partial charge in [0.2, 0.25) is 0 Å². The molecule has 88 valence electrons. The van der Waals surface area contributed by atoms with Gasteiger partial charge in [-0.25, -0.2) is 8.78 Å². The van der Waals surface area contributed by atoms with Crippen molar-refractivity contribution in [1.29, 1.82) is 0 Å². The molecule has 0 aliphatic carbocycles. The van der Waals surface area contributed by atoms with Gasteiger partial charge in [-0.15, -0.1) is 0 Å². The van der Waals surface area contributed by atoms with Crippen LogP contribution in [0.3, 0.4) is 0 Å². The van der Waals surface area contributed by atoms with E-state index in [0.717, 1.165) is 6.07 Å². The van der Waals surface area contributed by atoms with E-state index in [4.69, 9.17) is 4.42 Å². The topological polar surface area (TPSA) is 30.2 Å². The lowest BCUT2D eigenvalue weighted by Crippen LogP contribution is -2.05. The van der Waals surface area contributed by atoms with E-state index in [0.29, 0.717) is 11.3 Å². The van der Waals surface area contributed by atoms with Crippen molar-refractivity contribution in [3.8, 4) is 0 Å². The molecule has 0 unspecified atom stereocenters. The Balaban J connectivity index is 2.21. The number of hydrogen-bond acceptors (Lipinski definition) is 2. The van der Waals surface area contributed by atoms with Crippen molar-refractivity contribution in [3.63, 3.8) is 0 Å². The average molecular weight is 236 g/mol. The van der Waals surface area contributed by atoms with Crippen LogP contribution in [0, 0.1) is 18.6 Å². The standard InChI is InChI=1S/C13H10F2O2/c1-8-5-10(7-17-8)12(16)6-9-3-2-4-11(14)13(9)15/h2-5,7H,6H2,1H3. The van der Waals surface area contributed by atoms with Gasteiger partial charge in [-0.05, 0) is 24.6 Å². The van der Waals surface area contributed by atoms with E-state index >= 15 is 0 Å². The maximum absolute atomic E-state index is 13.3. The first-order valence-corrected chi connectivity index (χ1v) is 5.09. The molecular weight excluding hydrogens is 226 g/mol. The van der Waals surface area contributed by atoms with Gasteiger partial charge in [-0.1, -0.05) is 12.1 Å². The smallest absolute Gasteiger partial charge is 0.170 e. The number of halogens is 2. The average Bonchev–Trinajstić information content (AvgIpc) is 2.72. The van der Waals surface area contributed by atoms with Gasteiger partial charge in [-0.2, -0.15) is 0 Å².